The molecule has 0 saturated carbocycles. The van der Waals surface area contributed by atoms with Crippen LogP contribution in [0.3, 0.4) is 0 Å². The molecule has 0 spiro atoms. The van der Waals surface area contributed by atoms with Gasteiger partial charge < -0.3 is 35.0 Å². The number of nitrogens with zero attached hydrogens (tertiary/aromatic N) is 6. The normalized spacial score (nSPS) is 12.9. The maximum absolute atomic E-state index is 13.7. The molecule has 0 aliphatic carbocycles. The molecule has 7 aromatic rings. The summed E-state index contributed by atoms with van der Waals surface area (Å²) in [4.78, 5) is 55.4. The minimum absolute atomic E-state index is 0.0258. The van der Waals surface area contributed by atoms with Crippen LogP contribution in [-0.2, 0) is 38.8 Å². The van der Waals surface area contributed by atoms with Gasteiger partial charge in [0.05, 0.1) is 36.1 Å². The van der Waals surface area contributed by atoms with Gasteiger partial charge in [0.1, 0.15) is 53.8 Å². The number of carbonyl (C=O) groups excluding carboxylic acids is 3. The highest BCUT2D eigenvalue weighted by Crippen LogP contribution is 2.38. The van der Waals surface area contributed by atoms with Crippen LogP contribution < -0.4 is 25.0 Å². The first-order chi connectivity index (χ1) is 32.7. The Hall–Kier alpha value is -7.21. The van der Waals surface area contributed by atoms with Gasteiger partial charge in [0.2, 0.25) is 17.7 Å². The summed E-state index contributed by atoms with van der Waals surface area (Å²) >= 11 is 14.2. The molecule has 4 heterocycles. The fraction of sp³-hybridized carbons (Fsp3) is 0.229. The number of aliphatic imine (C=N–C) groups is 1. The van der Waals surface area contributed by atoms with Crippen molar-refractivity contribution in [2.24, 2.45) is 10.1 Å². The molecule has 3 amide bonds. The quantitative estimate of drug-likeness (QED) is 0.0314. The third-order valence-corrected chi connectivity index (χ3v) is 12.2. The number of oxime groups is 1. The Morgan fingerprint density at radius 3 is 2.61 bits per heavy atom. The third kappa shape index (κ3) is 11.1. The molecule has 19 heteroatoms. The van der Waals surface area contributed by atoms with Gasteiger partial charge >= 0.3 is 0 Å². The van der Waals surface area contributed by atoms with Crippen LogP contribution in [0, 0.1) is 0 Å². The number of hydrogen-bond acceptors (Lipinski definition) is 12. The number of alkyl halides is 1. The van der Waals surface area contributed by atoms with Gasteiger partial charge in [-0.15, -0.1) is 28.0 Å². The van der Waals surface area contributed by atoms with Gasteiger partial charge in [0, 0.05) is 53.0 Å². The van der Waals surface area contributed by atoms with E-state index >= 15 is 0 Å². The Kier molecular flexibility index (Phi) is 15.1. The van der Waals surface area contributed by atoms with Crippen LogP contribution in [0.15, 0.2) is 125 Å². The predicted molar refractivity (Wildman–Crippen MR) is 258 cm³/mol. The van der Waals surface area contributed by atoms with Crippen molar-refractivity contribution in [3.8, 4) is 17.4 Å². The molecule has 1 aliphatic rings. The first kappa shape index (κ1) is 46.3. The van der Waals surface area contributed by atoms with Crippen LogP contribution >= 0.6 is 34.5 Å². The zero-order valence-electron chi connectivity index (χ0n) is 36.2. The fourth-order valence-corrected chi connectivity index (χ4v) is 8.63. The van der Waals surface area contributed by atoms with Crippen molar-refractivity contribution in [1.82, 2.24) is 30.6 Å². The van der Waals surface area contributed by atoms with Crippen LogP contribution in [0.2, 0.25) is 5.02 Å². The second kappa shape index (κ2) is 21.9. The SMILES string of the molecule is COc1ccc2[nH]c(O)c(C3=Nc4ccccc4/C3=N\OCCCNC(=O)CCn3cc(COc4ccc(N(C(=O)CCl)C(C(=O)NCCc5ccccc5)c5cccs5)cc4Cl)nn3)c2c1. The van der Waals surface area contributed by atoms with E-state index in [4.69, 9.17) is 42.5 Å². The standard InChI is InChI=1S/C48H45Cl2N9O7S/c1-64-33-15-16-38-35(26-33)43(47(62)54-38)45-44(34-11-5-6-12-37(34)53-45)56-66-23-8-20-51-41(60)19-22-58-28-31(55-57-58)29-65-39-17-14-32(25-36(39)50)59(42(61)27-49)46(40-13-7-24-67-40)48(63)52-21-18-30-9-3-2-4-10-30/h2-7,9-17,24-26,28,46,54,62H,8,18-23,27,29H2,1H3,(H,51,60)(H,52,63)/b56-44+. The molecular formula is C48H45Cl2N9O7S. The number of benzene rings is 4. The number of H-pyrrole nitrogens is 1. The molecule has 1 atom stereocenters. The van der Waals surface area contributed by atoms with E-state index in [1.54, 1.807) is 48.3 Å². The smallest absolute Gasteiger partial charge is 0.248 e. The van der Waals surface area contributed by atoms with E-state index in [0.29, 0.717) is 76.4 Å². The molecule has 0 saturated heterocycles. The maximum Gasteiger partial charge on any atom is 0.248 e. The molecule has 1 aliphatic heterocycles. The average Bonchev–Trinajstić information content (AvgIpc) is 4.17. The molecule has 4 N–H and O–H groups in total. The maximum atomic E-state index is 13.7. The van der Waals surface area contributed by atoms with Gasteiger partial charge in [-0.3, -0.25) is 24.0 Å². The molecule has 16 nitrogen and oxygen atoms in total. The number of aromatic amines is 1. The van der Waals surface area contributed by atoms with E-state index in [1.165, 1.54) is 16.2 Å². The topological polar surface area (TPSA) is 198 Å². The van der Waals surface area contributed by atoms with Crippen molar-refractivity contribution in [1.29, 1.82) is 0 Å². The van der Waals surface area contributed by atoms with E-state index in [-0.39, 0.29) is 54.8 Å². The van der Waals surface area contributed by atoms with Crippen molar-refractivity contribution in [3.63, 3.8) is 0 Å². The molecule has 0 bridgehead atoms. The van der Waals surface area contributed by atoms with E-state index < -0.39 is 11.9 Å². The molecule has 344 valence electrons. The number of methoxy groups -OCH3 is 1. The van der Waals surface area contributed by atoms with E-state index in [0.717, 1.165) is 22.0 Å². The number of aromatic nitrogens is 4. The lowest BCUT2D eigenvalue weighted by atomic mass is 10.0. The van der Waals surface area contributed by atoms with E-state index in [2.05, 4.69) is 31.1 Å². The second-order valence-electron chi connectivity index (χ2n) is 15.2. The van der Waals surface area contributed by atoms with Gasteiger partial charge in [0.25, 0.3) is 0 Å². The Balaban J connectivity index is 0.806. The number of carbonyl (C=O) groups is 3. The number of halogens is 2. The molecule has 67 heavy (non-hydrogen) atoms. The molecule has 8 rings (SSSR count). The Labute approximate surface area is 399 Å². The average molecular weight is 963 g/mol. The number of hydrogen-bond donors (Lipinski definition) is 4. The second-order valence-corrected chi connectivity index (χ2v) is 16.8. The number of aryl methyl sites for hydroxylation is 1. The largest absolute Gasteiger partial charge is 0.497 e. The van der Waals surface area contributed by atoms with E-state index in [9.17, 15) is 19.5 Å². The van der Waals surface area contributed by atoms with Gasteiger partial charge in [0.15, 0.2) is 5.88 Å². The summed E-state index contributed by atoms with van der Waals surface area (Å²) in [7, 11) is 1.58. The number of ether oxygens (including phenoxy) is 2. The number of anilines is 1. The van der Waals surface area contributed by atoms with Gasteiger partial charge in [-0.1, -0.05) is 76.6 Å². The molecule has 1 unspecified atom stereocenters. The molecular weight excluding hydrogens is 918 g/mol. The summed E-state index contributed by atoms with van der Waals surface area (Å²) < 4.78 is 12.9. The first-order valence-corrected chi connectivity index (χ1v) is 23.1. The monoisotopic (exact) mass is 961 g/mol. The number of aromatic hydroxyl groups is 1. The summed E-state index contributed by atoms with van der Waals surface area (Å²) in [5.41, 5.74) is 5.58. The van der Waals surface area contributed by atoms with Crippen molar-refractivity contribution < 1.29 is 33.8 Å². The van der Waals surface area contributed by atoms with Crippen LogP contribution in [0.25, 0.3) is 10.9 Å². The van der Waals surface area contributed by atoms with Gasteiger partial charge in [-0.05, 0) is 65.9 Å². The predicted octanol–water partition coefficient (Wildman–Crippen LogP) is 7.89. The lowest BCUT2D eigenvalue weighted by Gasteiger charge is -2.30. The summed E-state index contributed by atoms with van der Waals surface area (Å²) in [6.45, 7) is 1.26. The van der Waals surface area contributed by atoms with E-state index in [1.807, 2.05) is 78.2 Å². The van der Waals surface area contributed by atoms with Crippen molar-refractivity contribution in [2.75, 3.05) is 37.6 Å². The third-order valence-electron chi connectivity index (χ3n) is 10.7. The number of amides is 3. The Bertz CT molecular complexity index is 2920. The van der Waals surface area contributed by atoms with Gasteiger partial charge in [-0.2, -0.15) is 0 Å². The molecule has 0 radical (unpaired) electrons. The number of nitrogens with one attached hydrogen (secondary N) is 3. The minimum atomic E-state index is -0.984. The highest BCUT2D eigenvalue weighted by Gasteiger charge is 2.34. The van der Waals surface area contributed by atoms with Crippen molar-refractivity contribution in [3.05, 3.63) is 147 Å². The molecule has 0 fully saturated rings. The number of thiophene rings is 1. The molecule has 3 aromatic heterocycles. The van der Waals surface area contributed by atoms with Crippen LogP contribution in [0.5, 0.6) is 17.4 Å². The van der Waals surface area contributed by atoms with Crippen molar-refractivity contribution >= 4 is 86.0 Å². The van der Waals surface area contributed by atoms with Crippen LogP contribution in [0.1, 0.15) is 46.1 Å². The Morgan fingerprint density at radius 2 is 1.82 bits per heavy atom. The first-order valence-electron chi connectivity index (χ1n) is 21.3. The fourth-order valence-electron chi connectivity index (χ4n) is 7.46. The highest BCUT2D eigenvalue weighted by molar-refractivity contribution is 7.10. The zero-order chi connectivity index (χ0) is 46.7. The summed E-state index contributed by atoms with van der Waals surface area (Å²) in [6, 6.07) is 30.2. The number of para-hydroxylation sites is 1. The lowest BCUT2D eigenvalue weighted by Crippen LogP contribution is -2.44. The van der Waals surface area contributed by atoms with Crippen molar-refractivity contribution in [2.45, 2.75) is 38.5 Å². The zero-order valence-corrected chi connectivity index (χ0v) is 38.5. The summed E-state index contributed by atoms with van der Waals surface area (Å²) in [6.07, 6.45) is 2.95. The summed E-state index contributed by atoms with van der Waals surface area (Å²) in [5, 5.41) is 32.3. The van der Waals surface area contributed by atoms with Gasteiger partial charge in [-0.25, -0.2) is 4.99 Å². The van der Waals surface area contributed by atoms with Crippen LogP contribution in [0.4, 0.5) is 11.4 Å². The molecule has 4 aromatic carbocycles. The minimum Gasteiger partial charge on any atom is -0.497 e. The number of rotatable bonds is 21. The summed E-state index contributed by atoms with van der Waals surface area (Å²) in [5.74, 6) is -0.449. The highest BCUT2D eigenvalue weighted by atomic mass is 35.5. The van der Waals surface area contributed by atoms with Crippen LogP contribution in [-0.4, -0.2) is 86.9 Å². The lowest BCUT2D eigenvalue weighted by molar-refractivity contribution is -0.125. The Morgan fingerprint density at radius 1 is 0.985 bits per heavy atom. The number of fused-ring (bicyclic) bond motifs is 2.